The molecule has 2 N–H and O–H groups in total. The highest BCUT2D eigenvalue weighted by Crippen LogP contribution is 2.39. The Kier molecular flexibility index (Phi) is 2.27. The Balaban J connectivity index is 2.88. The molecular formula is C9H7BrO2S. The van der Waals surface area contributed by atoms with Gasteiger partial charge in [-0.2, -0.15) is 0 Å². The number of hydrogen-bond donors (Lipinski definition) is 2. The molecule has 0 amide bonds. The molecule has 1 aromatic carbocycles. The highest BCUT2D eigenvalue weighted by atomic mass is 79.9. The number of fused-ring (bicyclic) bond motifs is 1. The van der Waals surface area contributed by atoms with Gasteiger partial charge in [0.15, 0.2) is 0 Å². The zero-order chi connectivity index (χ0) is 9.42. The van der Waals surface area contributed by atoms with E-state index in [4.69, 9.17) is 5.11 Å². The molecule has 0 saturated heterocycles. The van der Waals surface area contributed by atoms with Crippen molar-refractivity contribution >= 4 is 37.4 Å². The van der Waals surface area contributed by atoms with Crippen LogP contribution in [0.3, 0.4) is 0 Å². The first kappa shape index (κ1) is 8.99. The van der Waals surface area contributed by atoms with Gasteiger partial charge < -0.3 is 10.2 Å². The van der Waals surface area contributed by atoms with Gasteiger partial charge in [0.25, 0.3) is 0 Å². The number of benzene rings is 1. The van der Waals surface area contributed by atoms with Crippen LogP contribution in [-0.4, -0.2) is 10.2 Å². The summed E-state index contributed by atoms with van der Waals surface area (Å²) in [6, 6.07) is 5.34. The van der Waals surface area contributed by atoms with Crippen LogP contribution in [0.5, 0.6) is 5.75 Å². The SMILES string of the molecule is OCc1c(Br)sc2cccc(O)c12. The summed E-state index contributed by atoms with van der Waals surface area (Å²) in [4.78, 5) is 0. The van der Waals surface area contributed by atoms with Crippen molar-refractivity contribution in [2.24, 2.45) is 0 Å². The van der Waals surface area contributed by atoms with E-state index >= 15 is 0 Å². The fraction of sp³-hybridized carbons (Fsp3) is 0.111. The third-order valence-electron chi connectivity index (χ3n) is 1.90. The van der Waals surface area contributed by atoms with Gasteiger partial charge in [0.1, 0.15) is 5.75 Å². The highest BCUT2D eigenvalue weighted by Gasteiger charge is 2.11. The number of rotatable bonds is 1. The van der Waals surface area contributed by atoms with E-state index in [1.165, 1.54) is 11.3 Å². The van der Waals surface area contributed by atoms with Crippen LogP contribution in [0.2, 0.25) is 0 Å². The molecule has 2 aromatic rings. The minimum Gasteiger partial charge on any atom is -0.507 e. The van der Waals surface area contributed by atoms with Crippen LogP contribution in [0.1, 0.15) is 5.56 Å². The summed E-state index contributed by atoms with van der Waals surface area (Å²) < 4.78 is 1.86. The predicted octanol–water partition coefficient (Wildman–Crippen LogP) is 2.86. The Hall–Kier alpha value is -0.580. The Morgan fingerprint density at radius 2 is 2.15 bits per heavy atom. The van der Waals surface area contributed by atoms with E-state index < -0.39 is 0 Å². The van der Waals surface area contributed by atoms with E-state index in [-0.39, 0.29) is 12.4 Å². The number of hydrogen-bond acceptors (Lipinski definition) is 3. The van der Waals surface area contributed by atoms with Gasteiger partial charge in [-0.3, -0.25) is 0 Å². The second-order valence-corrected chi connectivity index (χ2v) is 5.03. The molecule has 68 valence electrons. The van der Waals surface area contributed by atoms with Gasteiger partial charge in [0.05, 0.1) is 10.4 Å². The number of aliphatic hydroxyl groups excluding tert-OH is 1. The molecule has 2 rings (SSSR count). The summed E-state index contributed by atoms with van der Waals surface area (Å²) in [5.41, 5.74) is 0.762. The quantitative estimate of drug-likeness (QED) is 0.826. The van der Waals surface area contributed by atoms with E-state index in [0.29, 0.717) is 0 Å². The van der Waals surface area contributed by atoms with Crippen molar-refractivity contribution in [3.63, 3.8) is 0 Å². The standard InChI is InChI=1S/C9H7BrO2S/c10-9-5(4-11)8-6(12)2-1-3-7(8)13-9/h1-3,11-12H,4H2. The Morgan fingerprint density at radius 1 is 1.38 bits per heavy atom. The average Bonchev–Trinajstić information content (AvgIpc) is 2.42. The first-order chi connectivity index (χ1) is 6.24. The molecule has 0 spiro atoms. The zero-order valence-electron chi connectivity index (χ0n) is 6.62. The summed E-state index contributed by atoms with van der Waals surface area (Å²) in [5.74, 6) is 0.225. The van der Waals surface area contributed by atoms with E-state index in [0.717, 1.165) is 19.4 Å². The summed E-state index contributed by atoms with van der Waals surface area (Å²) in [6.07, 6.45) is 0. The Labute approximate surface area is 87.6 Å². The minimum absolute atomic E-state index is 0.0574. The van der Waals surface area contributed by atoms with Gasteiger partial charge in [0, 0.05) is 15.6 Å². The number of aromatic hydroxyl groups is 1. The van der Waals surface area contributed by atoms with Crippen molar-refractivity contribution in [3.05, 3.63) is 27.5 Å². The molecular weight excluding hydrogens is 252 g/mol. The second kappa shape index (κ2) is 3.29. The molecule has 2 nitrogen and oxygen atoms in total. The molecule has 0 unspecified atom stereocenters. The third kappa shape index (κ3) is 1.35. The molecule has 0 aliphatic carbocycles. The van der Waals surface area contributed by atoms with Crippen LogP contribution >= 0.6 is 27.3 Å². The largest absolute Gasteiger partial charge is 0.507 e. The number of phenols is 1. The van der Waals surface area contributed by atoms with Crippen molar-refractivity contribution < 1.29 is 10.2 Å². The smallest absolute Gasteiger partial charge is 0.124 e. The maximum Gasteiger partial charge on any atom is 0.124 e. The van der Waals surface area contributed by atoms with Crippen LogP contribution in [0.4, 0.5) is 0 Å². The first-order valence-corrected chi connectivity index (χ1v) is 5.34. The molecule has 0 radical (unpaired) electrons. The molecule has 0 fully saturated rings. The van der Waals surface area contributed by atoms with E-state index in [1.807, 2.05) is 6.07 Å². The normalized spacial score (nSPS) is 10.9. The molecule has 0 aliphatic heterocycles. The van der Waals surface area contributed by atoms with Crippen molar-refractivity contribution in [1.82, 2.24) is 0 Å². The van der Waals surface area contributed by atoms with E-state index in [9.17, 15) is 5.11 Å². The second-order valence-electron chi connectivity index (χ2n) is 2.66. The molecule has 1 heterocycles. The molecule has 0 saturated carbocycles. The van der Waals surface area contributed by atoms with Crippen LogP contribution in [0.25, 0.3) is 10.1 Å². The van der Waals surface area contributed by atoms with Gasteiger partial charge in [-0.05, 0) is 28.1 Å². The summed E-state index contributed by atoms with van der Waals surface area (Å²) in [6.45, 7) is -0.0574. The molecule has 4 heteroatoms. The minimum atomic E-state index is -0.0574. The highest BCUT2D eigenvalue weighted by molar-refractivity contribution is 9.11. The molecule has 0 aliphatic rings. The van der Waals surface area contributed by atoms with Gasteiger partial charge >= 0.3 is 0 Å². The summed E-state index contributed by atoms with van der Waals surface area (Å²) >= 11 is 4.87. The first-order valence-electron chi connectivity index (χ1n) is 3.73. The topological polar surface area (TPSA) is 40.5 Å². The number of phenolic OH excluding ortho intramolecular Hbond substituents is 1. The van der Waals surface area contributed by atoms with Crippen molar-refractivity contribution in [1.29, 1.82) is 0 Å². The van der Waals surface area contributed by atoms with Crippen LogP contribution in [0.15, 0.2) is 22.0 Å². The van der Waals surface area contributed by atoms with Crippen molar-refractivity contribution in [3.8, 4) is 5.75 Å². The van der Waals surface area contributed by atoms with E-state index in [2.05, 4.69) is 15.9 Å². The van der Waals surface area contributed by atoms with Crippen LogP contribution in [0, 0.1) is 0 Å². The van der Waals surface area contributed by atoms with Crippen LogP contribution in [-0.2, 0) is 6.61 Å². The fourth-order valence-corrected chi connectivity index (χ4v) is 3.11. The lowest BCUT2D eigenvalue weighted by molar-refractivity contribution is 0.283. The predicted molar refractivity (Wildman–Crippen MR) is 57.1 cm³/mol. The zero-order valence-corrected chi connectivity index (χ0v) is 9.02. The lowest BCUT2D eigenvalue weighted by atomic mass is 10.2. The van der Waals surface area contributed by atoms with Gasteiger partial charge in [-0.25, -0.2) is 0 Å². The van der Waals surface area contributed by atoms with E-state index in [1.54, 1.807) is 12.1 Å². The lowest BCUT2D eigenvalue weighted by Crippen LogP contribution is -1.80. The third-order valence-corrected chi connectivity index (χ3v) is 3.85. The monoisotopic (exact) mass is 258 g/mol. The number of halogens is 1. The maximum absolute atomic E-state index is 9.57. The van der Waals surface area contributed by atoms with Gasteiger partial charge in [-0.1, -0.05) is 6.07 Å². The van der Waals surface area contributed by atoms with Gasteiger partial charge in [-0.15, -0.1) is 11.3 Å². The fourth-order valence-electron chi connectivity index (χ4n) is 1.31. The number of aliphatic hydroxyl groups is 1. The maximum atomic E-state index is 9.57. The summed E-state index contributed by atoms with van der Waals surface area (Å²) in [5, 5.41) is 19.4. The van der Waals surface area contributed by atoms with Gasteiger partial charge in [0.2, 0.25) is 0 Å². The molecule has 0 bridgehead atoms. The number of thiophene rings is 1. The molecule has 13 heavy (non-hydrogen) atoms. The van der Waals surface area contributed by atoms with Crippen molar-refractivity contribution in [2.45, 2.75) is 6.61 Å². The van der Waals surface area contributed by atoms with Crippen LogP contribution < -0.4 is 0 Å². The molecule has 0 atom stereocenters. The molecule has 1 aromatic heterocycles. The average molecular weight is 259 g/mol. The summed E-state index contributed by atoms with van der Waals surface area (Å²) in [7, 11) is 0. The lowest BCUT2D eigenvalue weighted by Gasteiger charge is -1.97. The Bertz CT molecular complexity index is 450. The Morgan fingerprint density at radius 3 is 2.85 bits per heavy atom. The van der Waals surface area contributed by atoms with Crippen molar-refractivity contribution in [2.75, 3.05) is 0 Å².